The van der Waals surface area contributed by atoms with Crippen molar-refractivity contribution in [2.24, 2.45) is 7.05 Å². The number of hydrogen-bond donors (Lipinski definition) is 0. The van der Waals surface area contributed by atoms with Gasteiger partial charge in [0.15, 0.2) is 0 Å². The molecule has 2 aromatic heterocycles. The number of amides is 1. The van der Waals surface area contributed by atoms with Crippen molar-refractivity contribution in [3.8, 4) is 0 Å². The Morgan fingerprint density at radius 3 is 2.83 bits per heavy atom. The maximum Gasteiger partial charge on any atom is 0.257 e. The van der Waals surface area contributed by atoms with E-state index in [4.69, 9.17) is 4.74 Å². The van der Waals surface area contributed by atoms with Crippen LogP contribution in [0.5, 0.6) is 0 Å². The van der Waals surface area contributed by atoms with Gasteiger partial charge in [-0.05, 0) is 14.1 Å². The summed E-state index contributed by atoms with van der Waals surface area (Å²) in [6.45, 7) is 1.55. The number of methoxy groups -OCH3 is 1. The second kappa shape index (κ2) is 6.70. The average Bonchev–Trinajstić information content (AvgIpc) is 3.25. The third-order valence-corrected chi connectivity index (χ3v) is 4.41. The van der Waals surface area contributed by atoms with Gasteiger partial charge in [0.05, 0.1) is 30.5 Å². The van der Waals surface area contributed by atoms with Crippen LogP contribution >= 0.6 is 0 Å². The van der Waals surface area contributed by atoms with Gasteiger partial charge in [0.1, 0.15) is 5.69 Å². The average molecular weight is 333 g/mol. The maximum atomic E-state index is 13.0. The van der Waals surface area contributed by atoms with E-state index in [9.17, 15) is 4.79 Å². The number of rotatable bonds is 5. The van der Waals surface area contributed by atoms with Crippen LogP contribution in [0, 0.1) is 0 Å². The lowest BCUT2D eigenvalue weighted by Crippen LogP contribution is -2.37. The van der Waals surface area contributed by atoms with E-state index < -0.39 is 0 Å². The monoisotopic (exact) mass is 333 g/mol. The van der Waals surface area contributed by atoms with Crippen molar-refractivity contribution in [1.29, 1.82) is 0 Å². The van der Waals surface area contributed by atoms with E-state index >= 15 is 0 Å². The summed E-state index contributed by atoms with van der Waals surface area (Å²) < 4.78 is 8.64. The van der Waals surface area contributed by atoms with Crippen molar-refractivity contribution in [1.82, 2.24) is 34.6 Å². The van der Waals surface area contributed by atoms with E-state index in [2.05, 4.69) is 20.3 Å². The second-order valence-corrected chi connectivity index (χ2v) is 6.29. The van der Waals surface area contributed by atoms with E-state index in [-0.39, 0.29) is 18.0 Å². The minimum atomic E-state index is -0.0235. The predicted molar refractivity (Wildman–Crippen MR) is 86.4 cm³/mol. The van der Waals surface area contributed by atoms with Gasteiger partial charge in [0.2, 0.25) is 0 Å². The summed E-state index contributed by atoms with van der Waals surface area (Å²) in [6, 6.07) is 0.257. The molecule has 2 atom stereocenters. The van der Waals surface area contributed by atoms with E-state index in [1.165, 1.54) is 0 Å². The summed E-state index contributed by atoms with van der Waals surface area (Å²) in [5, 5.41) is 12.3. The molecule has 0 bridgehead atoms. The molecule has 1 amide bonds. The number of aromatic nitrogens is 5. The summed E-state index contributed by atoms with van der Waals surface area (Å²) in [7, 11) is 7.44. The second-order valence-electron chi connectivity index (χ2n) is 6.29. The highest BCUT2D eigenvalue weighted by molar-refractivity contribution is 5.95. The Kier molecular flexibility index (Phi) is 4.63. The number of aryl methyl sites for hydroxylation is 1. The molecule has 0 saturated carbocycles. The molecule has 130 valence electrons. The minimum Gasteiger partial charge on any atom is -0.378 e. The van der Waals surface area contributed by atoms with Crippen LogP contribution in [0.3, 0.4) is 0 Å². The largest absolute Gasteiger partial charge is 0.378 e. The fraction of sp³-hybridized carbons (Fsp3) is 0.600. The highest BCUT2D eigenvalue weighted by atomic mass is 16.5. The first-order chi connectivity index (χ1) is 11.5. The van der Waals surface area contributed by atoms with Gasteiger partial charge >= 0.3 is 0 Å². The highest BCUT2D eigenvalue weighted by Gasteiger charge is 2.39. The lowest BCUT2D eigenvalue weighted by atomic mass is 10.1. The first kappa shape index (κ1) is 16.6. The zero-order valence-corrected chi connectivity index (χ0v) is 14.5. The molecule has 0 unspecified atom stereocenters. The highest BCUT2D eigenvalue weighted by Crippen LogP contribution is 2.26. The van der Waals surface area contributed by atoms with Crippen LogP contribution in [0.25, 0.3) is 0 Å². The number of likely N-dealkylation sites (tertiary alicyclic amines) is 1. The Labute approximate surface area is 140 Å². The zero-order valence-electron chi connectivity index (χ0n) is 14.5. The zero-order chi connectivity index (χ0) is 17.3. The summed E-state index contributed by atoms with van der Waals surface area (Å²) in [5.74, 6) is -0.0235. The standard InChI is InChI=1S/C15H23N7O2/c1-19(2)13-8-21(9-14(13)22-6-5-16-18-22)15(23)11-7-20(3)17-12(11)10-24-4/h5-7,13-14H,8-10H2,1-4H3/t13-,14+/m1/s1. The number of nitrogens with zero attached hydrogens (tertiary/aromatic N) is 7. The molecule has 3 rings (SSSR count). The SMILES string of the molecule is COCc1nn(C)cc1C(=O)N1C[C@@H](N(C)C)[C@@H](n2ccnn2)C1. The fourth-order valence-electron chi connectivity index (χ4n) is 3.22. The third-order valence-electron chi connectivity index (χ3n) is 4.41. The molecule has 1 aliphatic rings. The third kappa shape index (κ3) is 3.04. The molecular weight excluding hydrogens is 310 g/mol. The van der Waals surface area contributed by atoms with Crippen LogP contribution in [0.4, 0.5) is 0 Å². The first-order valence-corrected chi connectivity index (χ1v) is 7.84. The molecule has 2 aromatic rings. The van der Waals surface area contributed by atoms with Crippen LogP contribution in [-0.2, 0) is 18.4 Å². The molecule has 0 spiro atoms. The topological polar surface area (TPSA) is 81.3 Å². The molecular formula is C15H23N7O2. The quantitative estimate of drug-likeness (QED) is 0.753. The van der Waals surface area contributed by atoms with Crippen LogP contribution in [0.15, 0.2) is 18.6 Å². The molecule has 1 fully saturated rings. The number of carbonyl (C=O) groups is 1. The van der Waals surface area contributed by atoms with Crippen LogP contribution < -0.4 is 0 Å². The van der Waals surface area contributed by atoms with Crippen LogP contribution in [0.2, 0.25) is 0 Å². The van der Waals surface area contributed by atoms with Crippen molar-refractivity contribution in [3.05, 3.63) is 29.8 Å². The molecule has 0 aromatic carbocycles. The summed E-state index contributed by atoms with van der Waals surface area (Å²) in [5.41, 5.74) is 1.26. The Morgan fingerprint density at radius 1 is 1.42 bits per heavy atom. The molecule has 24 heavy (non-hydrogen) atoms. The van der Waals surface area contributed by atoms with Crippen molar-refractivity contribution < 1.29 is 9.53 Å². The van der Waals surface area contributed by atoms with Gasteiger partial charge in [-0.25, -0.2) is 4.68 Å². The Hall–Kier alpha value is -2.26. The fourth-order valence-corrected chi connectivity index (χ4v) is 3.22. The molecule has 0 aliphatic carbocycles. The normalized spacial score (nSPS) is 21.0. The van der Waals surface area contributed by atoms with Gasteiger partial charge in [0.25, 0.3) is 5.91 Å². The van der Waals surface area contributed by atoms with Gasteiger partial charge < -0.3 is 14.5 Å². The number of hydrogen-bond acceptors (Lipinski definition) is 6. The first-order valence-electron chi connectivity index (χ1n) is 7.84. The van der Waals surface area contributed by atoms with Crippen molar-refractivity contribution in [2.45, 2.75) is 18.7 Å². The Bertz CT molecular complexity index is 695. The molecule has 9 heteroatoms. The van der Waals surface area contributed by atoms with E-state index in [1.807, 2.05) is 29.9 Å². The summed E-state index contributed by atoms with van der Waals surface area (Å²) >= 11 is 0. The van der Waals surface area contributed by atoms with Gasteiger partial charge in [-0.15, -0.1) is 5.10 Å². The number of ether oxygens (including phenoxy) is 1. The van der Waals surface area contributed by atoms with E-state index in [0.29, 0.717) is 31.0 Å². The number of carbonyl (C=O) groups excluding carboxylic acids is 1. The van der Waals surface area contributed by atoms with Crippen molar-refractivity contribution in [2.75, 3.05) is 34.3 Å². The van der Waals surface area contributed by atoms with Gasteiger partial charge in [-0.3, -0.25) is 9.48 Å². The minimum absolute atomic E-state index is 0.0235. The van der Waals surface area contributed by atoms with Gasteiger partial charge in [0, 0.05) is 39.6 Å². The predicted octanol–water partition coefficient (Wildman–Crippen LogP) is -0.215. The molecule has 1 saturated heterocycles. The summed E-state index contributed by atoms with van der Waals surface area (Å²) in [4.78, 5) is 17.0. The Balaban J connectivity index is 1.84. The Morgan fingerprint density at radius 2 is 2.21 bits per heavy atom. The molecule has 0 N–H and O–H groups in total. The lowest BCUT2D eigenvalue weighted by Gasteiger charge is -2.24. The van der Waals surface area contributed by atoms with Crippen molar-refractivity contribution >= 4 is 5.91 Å². The van der Waals surface area contributed by atoms with E-state index in [0.717, 1.165) is 0 Å². The van der Waals surface area contributed by atoms with Crippen LogP contribution in [0.1, 0.15) is 22.1 Å². The maximum absolute atomic E-state index is 13.0. The smallest absolute Gasteiger partial charge is 0.257 e. The molecule has 3 heterocycles. The lowest BCUT2D eigenvalue weighted by molar-refractivity contribution is 0.0776. The molecule has 0 radical (unpaired) electrons. The summed E-state index contributed by atoms with van der Waals surface area (Å²) in [6.07, 6.45) is 5.26. The molecule has 9 nitrogen and oxygen atoms in total. The van der Waals surface area contributed by atoms with E-state index in [1.54, 1.807) is 31.2 Å². The molecule has 1 aliphatic heterocycles. The number of likely N-dealkylation sites (N-methyl/N-ethyl adjacent to an activating group) is 1. The van der Waals surface area contributed by atoms with Gasteiger partial charge in [-0.2, -0.15) is 5.10 Å². The van der Waals surface area contributed by atoms with Gasteiger partial charge in [-0.1, -0.05) is 5.21 Å². The van der Waals surface area contributed by atoms with Crippen molar-refractivity contribution in [3.63, 3.8) is 0 Å². The van der Waals surface area contributed by atoms with Crippen LogP contribution in [-0.4, -0.2) is 80.8 Å².